The van der Waals surface area contributed by atoms with E-state index in [9.17, 15) is 0 Å². The molecule has 0 bridgehead atoms. The molecule has 0 spiro atoms. The highest BCUT2D eigenvalue weighted by Crippen LogP contribution is 2.24. The summed E-state index contributed by atoms with van der Waals surface area (Å²) in [6.07, 6.45) is 11.0. The zero-order valence-electron chi connectivity index (χ0n) is 12.7. The van der Waals surface area contributed by atoms with Crippen LogP contribution in [0.3, 0.4) is 0 Å². The van der Waals surface area contributed by atoms with E-state index in [4.69, 9.17) is 4.74 Å². The van der Waals surface area contributed by atoms with Gasteiger partial charge < -0.3 is 10.1 Å². The summed E-state index contributed by atoms with van der Waals surface area (Å²) in [5.41, 5.74) is 0. The summed E-state index contributed by atoms with van der Waals surface area (Å²) in [7, 11) is 0. The first-order valence-corrected chi connectivity index (χ1v) is 8.16. The van der Waals surface area contributed by atoms with Crippen LogP contribution in [0.2, 0.25) is 0 Å². The maximum Gasteiger partial charge on any atom is 0.0728 e. The van der Waals surface area contributed by atoms with Crippen molar-refractivity contribution in [2.24, 2.45) is 5.92 Å². The SMILES string of the molecule is CCCCC(CC)CC(NCC)C1CCCCO1. The number of unbranched alkanes of at least 4 members (excludes halogenated alkanes) is 1. The molecule has 1 saturated heterocycles. The molecule has 1 aliphatic rings. The molecule has 0 aromatic heterocycles. The summed E-state index contributed by atoms with van der Waals surface area (Å²) in [6, 6.07) is 0.581. The lowest BCUT2D eigenvalue weighted by Crippen LogP contribution is -2.44. The van der Waals surface area contributed by atoms with Crippen LogP contribution in [0.5, 0.6) is 0 Å². The third-order valence-corrected chi connectivity index (χ3v) is 4.26. The summed E-state index contributed by atoms with van der Waals surface area (Å²) < 4.78 is 5.98. The fourth-order valence-electron chi connectivity index (χ4n) is 3.05. The number of rotatable bonds is 9. The number of hydrogen-bond donors (Lipinski definition) is 1. The van der Waals surface area contributed by atoms with Gasteiger partial charge in [-0.2, -0.15) is 0 Å². The second-order valence-electron chi connectivity index (χ2n) is 5.72. The molecule has 1 fully saturated rings. The Bertz CT molecular complexity index is 190. The van der Waals surface area contributed by atoms with Crippen molar-refractivity contribution in [3.05, 3.63) is 0 Å². The predicted octanol–water partition coefficient (Wildman–Crippen LogP) is 4.14. The van der Waals surface area contributed by atoms with E-state index in [2.05, 4.69) is 26.1 Å². The summed E-state index contributed by atoms with van der Waals surface area (Å²) >= 11 is 0. The zero-order chi connectivity index (χ0) is 13.2. The molecule has 18 heavy (non-hydrogen) atoms. The average molecular weight is 255 g/mol. The Morgan fingerprint density at radius 3 is 2.61 bits per heavy atom. The molecular weight excluding hydrogens is 222 g/mol. The first kappa shape index (κ1) is 16.0. The van der Waals surface area contributed by atoms with Crippen LogP contribution in [0.25, 0.3) is 0 Å². The van der Waals surface area contributed by atoms with Gasteiger partial charge in [0.25, 0.3) is 0 Å². The Morgan fingerprint density at radius 2 is 2.06 bits per heavy atom. The molecule has 3 atom stereocenters. The van der Waals surface area contributed by atoms with Crippen LogP contribution >= 0.6 is 0 Å². The summed E-state index contributed by atoms with van der Waals surface area (Å²) in [6.45, 7) is 8.87. The Balaban J connectivity index is 2.43. The third kappa shape index (κ3) is 5.71. The maximum absolute atomic E-state index is 5.98. The normalized spacial score (nSPS) is 23.8. The molecule has 0 amide bonds. The molecule has 1 aliphatic heterocycles. The first-order chi connectivity index (χ1) is 8.81. The van der Waals surface area contributed by atoms with Crippen LogP contribution in [-0.4, -0.2) is 25.3 Å². The standard InChI is InChI=1S/C16H33NO/c1-4-7-10-14(5-2)13-15(17-6-3)16-11-8-9-12-18-16/h14-17H,4-13H2,1-3H3. The second-order valence-corrected chi connectivity index (χ2v) is 5.72. The maximum atomic E-state index is 5.98. The molecule has 108 valence electrons. The van der Waals surface area contributed by atoms with E-state index in [1.54, 1.807) is 0 Å². The lowest BCUT2D eigenvalue weighted by atomic mass is 9.88. The molecule has 1 heterocycles. The van der Waals surface area contributed by atoms with Crippen LogP contribution in [0.15, 0.2) is 0 Å². The molecule has 0 radical (unpaired) electrons. The Kier molecular flexibility index (Phi) is 8.70. The van der Waals surface area contributed by atoms with Gasteiger partial charge in [-0.25, -0.2) is 0 Å². The molecule has 3 unspecified atom stereocenters. The Hall–Kier alpha value is -0.0800. The largest absolute Gasteiger partial charge is 0.377 e. The minimum absolute atomic E-state index is 0.467. The zero-order valence-corrected chi connectivity index (χ0v) is 12.7. The van der Waals surface area contributed by atoms with Crippen molar-refractivity contribution >= 4 is 0 Å². The van der Waals surface area contributed by atoms with Crippen molar-refractivity contribution in [3.63, 3.8) is 0 Å². The van der Waals surface area contributed by atoms with Crippen molar-refractivity contribution in [2.45, 2.75) is 84.3 Å². The van der Waals surface area contributed by atoms with Gasteiger partial charge in [0.2, 0.25) is 0 Å². The van der Waals surface area contributed by atoms with Crippen LogP contribution in [0.4, 0.5) is 0 Å². The quantitative estimate of drug-likeness (QED) is 0.668. The van der Waals surface area contributed by atoms with Gasteiger partial charge in [-0.05, 0) is 38.1 Å². The van der Waals surface area contributed by atoms with Gasteiger partial charge in [0.1, 0.15) is 0 Å². The van der Waals surface area contributed by atoms with Crippen molar-refractivity contribution in [3.8, 4) is 0 Å². The van der Waals surface area contributed by atoms with Crippen molar-refractivity contribution in [1.82, 2.24) is 5.32 Å². The average Bonchev–Trinajstić information content (AvgIpc) is 2.43. The molecule has 0 saturated carbocycles. The second kappa shape index (κ2) is 9.80. The van der Waals surface area contributed by atoms with Gasteiger partial charge in [0.05, 0.1) is 6.10 Å². The summed E-state index contributed by atoms with van der Waals surface area (Å²) in [5, 5.41) is 3.67. The molecular formula is C16H33NO. The summed E-state index contributed by atoms with van der Waals surface area (Å²) in [4.78, 5) is 0. The summed E-state index contributed by atoms with van der Waals surface area (Å²) in [5.74, 6) is 0.875. The first-order valence-electron chi connectivity index (χ1n) is 8.16. The van der Waals surface area contributed by atoms with Crippen LogP contribution in [0.1, 0.15) is 72.1 Å². The van der Waals surface area contributed by atoms with Gasteiger partial charge in [0.15, 0.2) is 0 Å². The molecule has 0 aromatic rings. The molecule has 1 N–H and O–H groups in total. The van der Waals surface area contributed by atoms with Gasteiger partial charge in [0, 0.05) is 12.6 Å². The number of hydrogen-bond acceptors (Lipinski definition) is 2. The van der Waals surface area contributed by atoms with Crippen molar-refractivity contribution in [1.29, 1.82) is 0 Å². The number of nitrogens with one attached hydrogen (secondary N) is 1. The van der Waals surface area contributed by atoms with Crippen LogP contribution in [0, 0.1) is 5.92 Å². The van der Waals surface area contributed by atoms with Gasteiger partial charge >= 0.3 is 0 Å². The molecule has 2 heteroatoms. The minimum Gasteiger partial charge on any atom is -0.377 e. The molecule has 1 rings (SSSR count). The fraction of sp³-hybridized carbons (Fsp3) is 1.00. The van der Waals surface area contributed by atoms with E-state index in [1.807, 2.05) is 0 Å². The minimum atomic E-state index is 0.467. The molecule has 0 aromatic carbocycles. The highest BCUT2D eigenvalue weighted by Gasteiger charge is 2.25. The smallest absolute Gasteiger partial charge is 0.0728 e. The molecule has 2 nitrogen and oxygen atoms in total. The number of ether oxygens (including phenoxy) is 1. The lowest BCUT2D eigenvalue weighted by molar-refractivity contribution is -0.0127. The third-order valence-electron chi connectivity index (χ3n) is 4.26. The Morgan fingerprint density at radius 1 is 1.22 bits per heavy atom. The Labute approximate surface area is 114 Å². The van der Waals surface area contributed by atoms with E-state index in [-0.39, 0.29) is 0 Å². The van der Waals surface area contributed by atoms with Crippen LogP contribution < -0.4 is 5.32 Å². The highest BCUT2D eigenvalue weighted by molar-refractivity contribution is 4.81. The van der Waals surface area contributed by atoms with E-state index in [1.165, 1.54) is 51.4 Å². The topological polar surface area (TPSA) is 21.3 Å². The van der Waals surface area contributed by atoms with Gasteiger partial charge in [-0.3, -0.25) is 0 Å². The monoisotopic (exact) mass is 255 g/mol. The van der Waals surface area contributed by atoms with Crippen molar-refractivity contribution < 1.29 is 4.74 Å². The van der Waals surface area contributed by atoms with Crippen molar-refractivity contribution in [2.75, 3.05) is 13.2 Å². The highest BCUT2D eigenvalue weighted by atomic mass is 16.5. The molecule has 0 aliphatic carbocycles. The van der Waals surface area contributed by atoms with Crippen LogP contribution in [-0.2, 0) is 4.74 Å². The lowest BCUT2D eigenvalue weighted by Gasteiger charge is -2.33. The van der Waals surface area contributed by atoms with Gasteiger partial charge in [-0.15, -0.1) is 0 Å². The fourth-order valence-corrected chi connectivity index (χ4v) is 3.05. The number of likely N-dealkylation sites (N-methyl/N-ethyl adjacent to an activating group) is 1. The van der Waals surface area contributed by atoms with Gasteiger partial charge in [-0.1, -0.05) is 46.5 Å². The van der Waals surface area contributed by atoms with E-state index in [0.29, 0.717) is 12.1 Å². The van der Waals surface area contributed by atoms with E-state index in [0.717, 1.165) is 19.1 Å². The van der Waals surface area contributed by atoms with E-state index < -0.39 is 0 Å². The van der Waals surface area contributed by atoms with E-state index >= 15 is 0 Å². The predicted molar refractivity (Wildman–Crippen MR) is 79.0 cm³/mol.